The van der Waals surface area contributed by atoms with Gasteiger partial charge in [0.2, 0.25) is 0 Å². The Bertz CT molecular complexity index is 570. The van der Waals surface area contributed by atoms with E-state index in [0.29, 0.717) is 11.0 Å². The van der Waals surface area contributed by atoms with Gasteiger partial charge < -0.3 is 9.88 Å². The van der Waals surface area contributed by atoms with Gasteiger partial charge in [-0.15, -0.1) is 0 Å². The first-order valence-corrected chi connectivity index (χ1v) is 5.46. The van der Waals surface area contributed by atoms with E-state index in [9.17, 15) is 26.3 Å². The average Bonchev–Trinajstić information content (AvgIpc) is 2.70. The van der Waals surface area contributed by atoms with Gasteiger partial charge in [-0.2, -0.15) is 26.3 Å². The van der Waals surface area contributed by atoms with Gasteiger partial charge in [0.05, 0.1) is 17.4 Å². The lowest BCUT2D eigenvalue weighted by Crippen LogP contribution is -2.40. The maximum absolute atomic E-state index is 12.4. The van der Waals surface area contributed by atoms with Crippen molar-refractivity contribution in [3.63, 3.8) is 0 Å². The van der Waals surface area contributed by atoms with Crippen LogP contribution in [0, 0.1) is 0 Å². The number of aromatic amines is 1. The summed E-state index contributed by atoms with van der Waals surface area (Å²) in [6.07, 6.45) is -8.14. The number of nitrogens with one attached hydrogen (secondary N) is 1. The molecule has 1 heterocycles. The highest BCUT2D eigenvalue weighted by Gasteiger charge is 2.37. The van der Waals surface area contributed by atoms with E-state index in [2.05, 4.69) is 9.97 Å². The highest BCUT2D eigenvalue weighted by Crippen LogP contribution is 2.28. The second-order valence-electron chi connectivity index (χ2n) is 4.19. The van der Waals surface area contributed by atoms with Crippen molar-refractivity contribution < 1.29 is 26.3 Å². The molecule has 0 atom stereocenters. The fourth-order valence-electron chi connectivity index (χ4n) is 1.79. The molecule has 0 aliphatic carbocycles. The molecule has 0 aliphatic rings. The topological polar surface area (TPSA) is 31.9 Å². The number of fused-ring (bicyclic) bond motifs is 1. The van der Waals surface area contributed by atoms with E-state index in [-0.39, 0.29) is 10.6 Å². The predicted octanol–water partition coefficient (Wildman–Crippen LogP) is 3.49. The summed E-state index contributed by atoms with van der Waals surface area (Å²) in [5.74, 6) is 0. The van der Waals surface area contributed by atoms with Gasteiger partial charge in [0.1, 0.15) is 13.1 Å². The minimum atomic E-state index is -4.73. The van der Waals surface area contributed by atoms with Gasteiger partial charge in [-0.05, 0) is 18.2 Å². The summed E-state index contributed by atoms with van der Waals surface area (Å²) in [6.45, 7) is -3.35. The van der Waals surface area contributed by atoms with Crippen LogP contribution in [0.25, 0.3) is 11.0 Å². The molecule has 1 N–H and O–H groups in total. The largest absolute Gasteiger partial charge is 0.405 e. The maximum atomic E-state index is 12.4. The summed E-state index contributed by atoms with van der Waals surface area (Å²) in [7, 11) is 0. The van der Waals surface area contributed by atoms with Crippen molar-refractivity contribution in [2.75, 3.05) is 18.0 Å². The fourth-order valence-corrected chi connectivity index (χ4v) is 1.79. The van der Waals surface area contributed by atoms with Crippen LogP contribution >= 0.6 is 0 Å². The number of H-pyrrole nitrogens is 1. The molecule has 1 aromatic heterocycles. The number of hydrogen-bond donors (Lipinski definition) is 1. The molecule has 0 fully saturated rings. The van der Waals surface area contributed by atoms with Crippen molar-refractivity contribution in [1.82, 2.24) is 9.97 Å². The van der Waals surface area contributed by atoms with E-state index in [1.807, 2.05) is 0 Å². The molecular formula is C11H9F6N3. The van der Waals surface area contributed by atoms with Gasteiger partial charge in [-0.1, -0.05) is 0 Å². The summed E-state index contributed by atoms with van der Waals surface area (Å²) in [6, 6.07) is 3.75. The Morgan fingerprint density at radius 2 is 1.60 bits per heavy atom. The van der Waals surface area contributed by atoms with Crippen LogP contribution in [-0.4, -0.2) is 35.4 Å². The molecule has 0 radical (unpaired) electrons. The summed E-state index contributed by atoms with van der Waals surface area (Å²) in [5.41, 5.74) is 0.668. The van der Waals surface area contributed by atoms with Crippen molar-refractivity contribution in [3.05, 3.63) is 24.5 Å². The first-order chi connectivity index (χ1) is 9.14. The van der Waals surface area contributed by atoms with Gasteiger partial charge in [-0.25, -0.2) is 4.98 Å². The maximum Gasteiger partial charge on any atom is 0.405 e. The number of hydrogen-bond acceptors (Lipinski definition) is 2. The third-order valence-electron chi connectivity index (χ3n) is 2.51. The van der Waals surface area contributed by atoms with Crippen molar-refractivity contribution in [1.29, 1.82) is 0 Å². The van der Waals surface area contributed by atoms with Crippen molar-refractivity contribution in [3.8, 4) is 0 Å². The van der Waals surface area contributed by atoms with Crippen LogP contribution in [0.4, 0.5) is 32.0 Å². The fraction of sp³-hybridized carbons (Fsp3) is 0.364. The Hall–Kier alpha value is -1.93. The number of nitrogens with zero attached hydrogens (tertiary/aromatic N) is 2. The van der Waals surface area contributed by atoms with Gasteiger partial charge in [0.25, 0.3) is 0 Å². The van der Waals surface area contributed by atoms with Crippen molar-refractivity contribution >= 4 is 16.7 Å². The number of alkyl halides is 6. The van der Waals surface area contributed by atoms with Crippen LogP contribution in [-0.2, 0) is 0 Å². The number of benzene rings is 1. The summed E-state index contributed by atoms with van der Waals surface area (Å²) >= 11 is 0. The number of rotatable bonds is 3. The smallest absolute Gasteiger partial charge is 0.353 e. The molecule has 2 rings (SSSR count). The first kappa shape index (κ1) is 14.5. The van der Waals surface area contributed by atoms with Crippen LogP contribution in [0.5, 0.6) is 0 Å². The second kappa shape index (κ2) is 4.88. The number of imidazole rings is 1. The lowest BCUT2D eigenvalue weighted by Gasteiger charge is -2.26. The third kappa shape index (κ3) is 3.78. The quantitative estimate of drug-likeness (QED) is 0.879. The van der Waals surface area contributed by atoms with Crippen molar-refractivity contribution in [2.45, 2.75) is 12.4 Å². The SMILES string of the molecule is FC(F)(F)CN(CC(F)(F)F)c1ccc2nc[nH]c2c1. The number of aromatic nitrogens is 2. The lowest BCUT2D eigenvalue weighted by atomic mass is 10.2. The molecular weight excluding hydrogens is 288 g/mol. The molecule has 0 amide bonds. The van der Waals surface area contributed by atoms with Crippen LogP contribution in [0.2, 0.25) is 0 Å². The minimum absolute atomic E-state index is 0.170. The van der Waals surface area contributed by atoms with E-state index >= 15 is 0 Å². The number of halogens is 6. The van der Waals surface area contributed by atoms with Gasteiger partial charge in [0, 0.05) is 5.69 Å². The zero-order valence-corrected chi connectivity index (χ0v) is 9.89. The number of anilines is 1. The summed E-state index contributed by atoms with van der Waals surface area (Å²) in [5, 5.41) is 0. The monoisotopic (exact) mass is 297 g/mol. The standard InChI is InChI=1S/C11H9F6N3/c12-10(13,14)4-20(5-11(15,16)17)7-1-2-8-9(3-7)19-6-18-8/h1-3,6H,4-5H2,(H,18,19). The molecule has 9 heteroatoms. The van der Waals surface area contributed by atoms with E-state index in [0.717, 1.165) is 0 Å². The lowest BCUT2D eigenvalue weighted by molar-refractivity contribution is -0.137. The minimum Gasteiger partial charge on any atom is -0.353 e. The second-order valence-corrected chi connectivity index (χ2v) is 4.19. The zero-order valence-electron chi connectivity index (χ0n) is 9.89. The van der Waals surface area contributed by atoms with E-state index < -0.39 is 25.4 Å². The van der Waals surface area contributed by atoms with Gasteiger partial charge in [-0.3, -0.25) is 0 Å². The Labute approximate surface area is 109 Å². The molecule has 0 unspecified atom stereocenters. The van der Waals surface area contributed by atoms with E-state index in [4.69, 9.17) is 0 Å². The Kier molecular flexibility index (Phi) is 3.53. The molecule has 3 nitrogen and oxygen atoms in total. The molecule has 2 aromatic rings. The normalized spacial score (nSPS) is 12.9. The van der Waals surface area contributed by atoms with E-state index in [1.54, 1.807) is 0 Å². The van der Waals surface area contributed by atoms with Crippen LogP contribution in [0.15, 0.2) is 24.5 Å². The zero-order chi connectivity index (χ0) is 15.0. The molecule has 20 heavy (non-hydrogen) atoms. The predicted molar refractivity (Wildman–Crippen MR) is 60.4 cm³/mol. The molecule has 1 aromatic carbocycles. The molecule has 110 valence electrons. The summed E-state index contributed by atoms with van der Waals surface area (Å²) in [4.78, 5) is 6.73. The Morgan fingerprint density at radius 1 is 1.00 bits per heavy atom. The Balaban J connectivity index is 2.33. The summed E-state index contributed by atoms with van der Waals surface area (Å²) < 4.78 is 74.3. The molecule has 0 spiro atoms. The van der Waals surface area contributed by atoms with Crippen LogP contribution < -0.4 is 4.90 Å². The average molecular weight is 297 g/mol. The van der Waals surface area contributed by atoms with Gasteiger partial charge in [0.15, 0.2) is 0 Å². The first-order valence-electron chi connectivity index (χ1n) is 5.46. The van der Waals surface area contributed by atoms with Crippen LogP contribution in [0.3, 0.4) is 0 Å². The van der Waals surface area contributed by atoms with E-state index in [1.165, 1.54) is 24.5 Å². The third-order valence-corrected chi connectivity index (χ3v) is 2.51. The van der Waals surface area contributed by atoms with Crippen molar-refractivity contribution in [2.24, 2.45) is 0 Å². The molecule has 0 saturated heterocycles. The molecule has 0 bridgehead atoms. The van der Waals surface area contributed by atoms with Crippen LogP contribution in [0.1, 0.15) is 0 Å². The molecule has 0 saturated carbocycles. The molecule has 0 aliphatic heterocycles. The highest BCUT2D eigenvalue weighted by atomic mass is 19.4. The highest BCUT2D eigenvalue weighted by molar-refractivity contribution is 5.79. The van der Waals surface area contributed by atoms with Gasteiger partial charge >= 0.3 is 12.4 Å². The Morgan fingerprint density at radius 3 is 2.15 bits per heavy atom.